The second kappa shape index (κ2) is 11.3. The summed E-state index contributed by atoms with van der Waals surface area (Å²) in [5.41, 5.74) is 1.39. The minimum Gasteiger partial charge on any atom is -0.313 e. The van der Waals surface area contributed by atoms with Crippen molar-refractivity contribution in [2.75, 3.05) is 6.54 Å². The summed E-state index contributed by atoms with van der Waals surface area (Å²) < 4.78 is 0. The molecule has 0 unspecified atom stereocenters. The van der Waals surface area contributed by atoms with Gasteiger partial charge in [0.1, 0.15) is 0 Å². The molecule has 102 valence electrons. The molecule has 1 N–H and O–H groups in total. The van der Waals surface area contributed by atoms with Gasteiger partial charge in [0.2, 0.25) is 0 Å². The van der Waals surface area contributed by atoms with Crippen LogP contribution in [0.1, 0.15) is 63.9 Å². The fourth-order valence-corrected chi connectivity index (χ4v) is 2.21. The molecule has 0 saturated heterocycles. The average molecular weight is 247 g/mol. The highest BCUT2D eigenvalue weighted by Crippen LogP contribution is 2.08. The van der Waals surface area contributed by atoms with Crippen LogP contribution >= 0.6 is 0 Å². The highest BCUT2D eigenvalue weighted by Gasteiger charge is 1.93. The fourth-order valence-electron chi connectivity index (χ4n) is 2.21. The molecule has 1 nitrogen and oxygen atoms in total. The molecule has 1 aromatic rings. The van der Waals surface area contributed by atoms with E-state index >= 15 is 0 Å². The smallest absolute Gasteiger partial charge is 0.0205 e. The van der Waals surface area contributed by atoms with Crippen molar-refractivity contribution in [2.45, 2.75) is 64.8 Å². The van der Waals surface area contributed by atoms with E-state index in [4.69, 9.17) is 0 Å². The third-order valence-electron chi connectivity index (χ3n) is 3.38. The number of hydrogen-bond donors (Lipinski definition) is 1. The number of benzene rings is 1. The van der Waals surface area contributed by atoms with Crippen LogP contribution in [-0.4, -0.2) is 6.54 Å². The van der Waals surface area contributed by atoms with Crippen LogP contribution in [0.15, 0.2) is 30.3 Å². The number of nitrogens with one attached hydrogen (secondary N) is 1. The lowest BCUT2D eigenvalue weighted by Crippen LogP contribution is -2.14. The molecule has 0 aliphatic heterocycles. The van der Waals surface area contributed by atoms with Crippen LogP contribution in [0.25, 0.3) is 0 Å². The maximum atomic E-state index is 3.51. The van der Waals surface area contributed by atoms with E-state index in [9.17, 15) is 0 Å². The SMILES string of the molecule is CCCCCCCCCCNCc1ccccc1. The standard InChI is InChI=1S/C17H29N/c1-2-3-4-5-6-7-8-12-15-18-16-17-13-10-9-11-14-17/h9-11,13-14,18H,2-8,12,15-16H2,1H3. The van der Waals surface area contributed by atoms with E-state index in [1.165, 1.54) is 56.9 Å². The average Bonchev–Trinajstić information content (AvgIpc) is 2.42. The first-order valence-electron chi connectivity index (χ1n) is 7.68. The van der Waals surface area contributed by atoms with Crippen molar-refractivity contribution >= 4 is 0 Å². The third kappa shape index (κ3) is 8.30. The summed E-state index contributed by atoms with van der Waals surface area (Å²) >= 11 is 0. The molecule has 1 heteroatoms. The van der Waals surface area contributed by atoms with Gasteiger partial charge in [-0.3, -0.25) is 0 Å². The van der Waals surface area contributed by atoms with Crippen LogP contribution < -0.4 is 5.32 Å². The highest BCUT2D eigenvalue weighted by molar-refractivity contribution is 5.14. The molecule has 0 radical (unpaired) electrons. The van der Waals surface area contributed by atoms with Gasteiger partial charge in [-0.15, -0.1) is 0 Å². The van der Waals surface area contributed by atoms with E-state index in [1.54, 1.807) is 0 Å². The Labute approximate surface area is 113 Å². The monoisotopic (exact) mass is 247 g/mol. The first-order chi connectivity index (χ1) is 8.93. The summed E-state index contributed by atoms with van der Waals surface area (Å²) in [5, 5.41) is 3.51. The Balaban J connectivity index is 1.82. The molecule has 0 aromatic heterocycles. The Kier molecular flexibility index (Phi) is 9.55. The first kappa shape index (κ1) is 15.2. The summed E-state index contributed by atoms with van der Waals surface area (Å²) in [5.74, 6) is 0. The van der Waals surface area contributed by atoms with Gasteiger partial charge in [0.05, 0.1) is 0 Å². The van der Waals surface area contributed by atoms with Crippen LogP contribution in [0.2, 0.25) is 0 Å². The second-order valence-corrected chi connectivity index (χ2v) is 5.14. The maximum absolute atomic E-state index is 3.51. The highest BCUT2D eigenvalue weighted by atomic mass is 14.8. The van der Waals surface area contributed by atoms with Crippen LogP contribution in [0, 0.1) is 0 Å². The molecule has 0 bridgehead atoms. The van der Waals surface area contributed by atoms with Gasteiger partial charge in [-0.05, 0) is 18.5 Å². The van der Waals surface area contributed by atoms with Crippen molar-refractivity contribution in [1.29, 1.82) is 0 Å². The molecule has 0 atom stereocenters. The summed E-state index contributed by atoms with van der Waals surface area (Å²) in [6.45, 7) is 4.44. The minimum absolute atomic E-state index is 1.01. The van der Waals surface area contributed by atoms with E-state index in [2.05, 4.69) is 42.6 Å². The Morgan fingerprint density at radius 1 is 0.778 bits per heavy atom. The molecule has 18 heavy (non-hydrogen) atoms. The zero-order chi connectivity index (χ0) is 12.9. The molecule has 0 spiro atoms. The Hall–Kier alpha value is -0.820. The third-order valence-corrected chi connectivity index (χ3v) is 3.38. The lowest BCUT2D eigenvalue weighted by molar-refractivity contribution is 0.555. The van der Waals surface area contributed by atoms with E-state index in [0.29, 0.717) is 0 Å². The Morgan fingerprint density at radius 3 is 2.06 bits per heavy atom. The van der Waals surface area contributed by atoms with Gasteiger partial charge in [0.25, 0.3) is 0 Å². The Bertz CT molecular complexity index is 268. The number of rotatable bonds is 11. The van der Waals surface area contributed by atoms with Gasteiger partial charge in [-0.2, -0.15) is 0 Å². The predicted molar refractivity (Wildman–Crippen MR) is 80.8 cm³/mol. The van der Waals surface area contributed by atoms with Crippen LogP contribution in [0.3, 0.4) is 0 Å². The van der Waals surface area contributed by atoms with Gasteiger partial charge < -0.3 is 5.32 Å². The first-order valence-corrected chi connectivity index (χ1v) is 7.68. The molecule has 1 rings (SSSR count). The van der Waals surface area contributed by atoms with Gasteiger partial charge >= 0.3 is 0 Å². The van der Waals surface area contributed by atoms with E-state index in [1.807, 2.05) is 0 Å². The van der Waals surface area contributed by atoms with Gasteiger partial charge in [-0.1, -0.05) is 82.2 Å². The quantitative estimate of drug-likeness (QED) is 0.547. The lowest BCUT2D eigenvalue weighted by atomic mass is 10.1. The van der Waals surface area contributed by atoms with Crippen molar-refractivity contribution < 1.29 is 0 Å². The van der Waals surface area contributed by atoms with E-state index in [0.717, 1.165) is 13.1 Å². The normalized spacial score (nSPS) is 10.7. The molecule has 0 amide bonds. The topological polar surface area (TPSA) is 12.0 Å². The van der Waals surface area contributed by atoms with Crippen molar-refractivity contribution in [2.24, 2.45) is 0 Å². The molecule has 0 saturated carbocycles. The summed E-state index contributed by atoms with van der Waals surface area (Å²) in [7, 11) is 0. The summed E-state index contributed by atoms with van der Waals surface area (Å²) in [6.07, 6.45) is 11.2. The van der Waals surface area contributed by atoms with Crippen molar-refractivity contribution in [1.82, 2.24) is 5.32 Å². The molecule has 0 heterocycles. The molecule has 1 aromatic carbocycles. The largest absolute Gasteiger partial charge is 0.313 e. The van der Waals surface area contributed by atoms with Gasteiger partial charge in [-0.25, -0.2) is 0 Å². The van der Waals surface area contributed by atoms with Crippen LogP contribution in [-0.2, 0) is 6.54 Å². The molecule has 0 fully saturated rings. The van der Waals surface area contributed by atoms with E-state index < -0.39 is 0 Å². The maximum Gasteiger partial charge on any atom is 0.0205 e. The molecule has 0 aliphatic rings. The van der Waals surface area contributed by atoms with E-state index in [-0.39, 0.29) is 0 Å². The minimum atomic E-state index is 1.01. The second-order valence-electron chi connectivity index (χ2n) is 5.14. The predicted octanol–water partition coefficient (Wildman–Crippen LogP) is 4.92. The Morgan fingerprint density at radius 2 is 1.39 bits per heavy atom. The molecule has 0 aliphatic carbocycles. The molecular formula is C17H29N. The summed E-state index contributed by atoms with van der Waals surface area (Å²) in [4.78, 5) is 0. The van der Waals surface area contributed by atoms with Gasteiger partial charge in [0, 0.05) is 6.54 Å². The van der Waals surface area contributed by atoms with Crippen LogP contribution in [0.5, 0.6) is 0 Å². The lowest BCUT2D eigenvalue weighted by Gasteiger charge is -2.05. The number of unbranched alkanes of at least 4 members (excludes halogenated alkanes) is 7. The van der Waals surface area contributed by atoms with Crippen LogP contribution in [0.4, 0.5) is 0 Å². The molecular weight excluding hydrogens is 218 g/mol. The fraction of sp³-hybridized carbons (Fsp3) is 0.647. The zero-order valence-electron chi connectivity index (χ0n) is 12.0. The van der Waals surface area contributed by atoms with Gasteiger partial charge in [0.15, 0.2) is 0 Å². The summed E-state index contributed by atoms with van der Waals surface area (Å²) in [6, 6.07) is 10.6. The van der Waals surface area contributed by atoms with Crippen molar-refractivity contribution in [3.05, 3.63) is 35.9 Å². The zero-order valence-corrected chi connectivity index (χ0v) is 12.0. The number of hydrogen-bond acceptors (Lipinski definition) is 1. The van der Waals surface area contributed by atoms with Crippen molar-refractivity contribution in [3.63, 3.8) is 0 Å². The van der Waals surface area contributed by atoms with Crippen molar-refractivity contribution in [3.8, 4) is 0 Å².